The van der Waals surface area contributed by atoms with Gasteiger partial charge in [-0.05, 0) is 60.7 Å². The molecule has 0 saturated heterocycles. The monoisotopic (exact) mass is 328 g/mol. The van der Waals surface area contributed by atoms with Crippen LogP contribution in [0.25, 0.3) is 16.9 Å². The molecule has 0 bridgehead atoms. The normalized spacial score (nSPS) is 12.7. The van der Waals surface area contributed by atoms with Gasteiger partial charge in [-0.15, -0.1) is 0 Å². The van der Waals surface area contributed by atoms with Gasteiger partial charge in [-0.3, -0.25) is 8.78 Å². The Labute approximate surface area is 137 Å². The second kappa shape index (κ2) is 6.22. The minimum Gasteiger partial charge on any atom is -0.772 e. The van der Waals surface area contributed by atoms with E-state index in [0.717, 1.165) is 28.9 Å². The van der Waals surface area contributed by atoms with Gasteiger partial charge in [-0.2, -0.15) is 0 Å². The number of hydrogen-bond acceptors (Lipinski definition) is 4. The van der Waals surface area contributed by atoms with E-state index in [1.54, 1.807) is 0 Å². The molecule has 1 unspecified atom stereocenters. The van der Waals surface area contributed by atoms with Crippen molar-refractivity contribution >= 4 is 22.2 Å². The first kappa shape index (κ1) is 15.8. The van der Waals surface area contributed by atoms with Crippen molar-refractivity contribution in [3.8, 4) is 5.69 Å². The van der Waals surface area contributed by atoms with E-state index >= 15 is 0 Å². The highest BCUT2D eigenvalue weighted by atomic mass is 32.2. The van der Waals surface area contributed by atoms with Gasteiger partial charge in [0.1, 0.15) is 11.3 Å². The predicted molar refractivity (Wildman–Crippen MR) is 90.3 cm³/mol. The Morgan fingerprint density at radius 2 is 1.87 bits per heavy atom. The highest BCUT2D eigenvalue weighted by Gasteiger charge is 2.16. The lowest BCUT2D eigenvalue weighted by atomic mass is 10.1. The van der Waals surface area contributed by atoms with Gasteiger partial charge in [-0.25, -0.2) is 9.97 Å². The van der Waals surface area contributed by atoms with Gasteiger partial charge < -0.3 is 4.55 Å². The Balaban J connectivity index is 2.28. The lowest BCUT2D eigenvalue weighted by Gasteiger charge is -2.11. The van der Waals surface area contributed by atoms with Crippen molar-refractivity contribution in [2.45, 2.75) is 32.9 Å². The number of aryl methyl sites for hydroxylation is 3. The van der Waals surface area contributed by atoms with Gasteiger partial charge >= 0.3 is 0 Å². The molecule has 5 nitrogen and oxygen atoms in total. The lowest BCUT2D eigenvalue weighted by Crippen LogP contribution is -2.05. The molecule has 1 atom stereocenters. The zero-order valence-electron chi connectivity index (χ0n) is 13.4. The van der Waals surface area contributed by atoms with Crippen LogP contribution in [0.2, 0.25) is 0 Å². The summed E-state index contributed by atoms with van der Waals surface area (Å²) < 4.78 is 24.3. The molecular weight excluding hydrogens is 310 g/mol. The Morgan fingerprint density at radius 1 is 1.17 bits per heavy atom. The summed E-state index contributed by atoms with van der Waals surface area (Å²) in [4.78, 5) is 9.10. The molecule has 0 radical (unpaired) electrons. The topological polar surface area (TPSA) is 70.8 Å². The minimum absolute atomic E-state index is 0.135. The summed E-state index contributed by atoms with van der Waals surface area (Å²) in [5.74, 6) is 0.350. The number of benzene rings is 1. The number of rotatable bonds is 4. The molecule has 2 aromatic heterocycles. The van der Waals surface area contributed by atoms with Crippen LogP contribution in [0.4, 0.5) is 0 Å². The van der Waals surface area contributed by atoms with E-state index in [2.05, 4.69) is 16.9 Å². The molecule has 6 heteroatoms. The first-order valence-corrected chi connectivity index (χ1v) is 8.74. The molecule has 0 saturated carbocycles. The number of hydrogen-bond donors (Lipinski definition) is 0. The van der Waals surface area contributed by atoms with Crippen molar-refractivity contribution in [1.82, 2.24) is 14.5 Å². The van der Waals surface area contributed by atoms with Gasteiger partial charge in [0.2, 0.25) is 0 Å². The Morgan fingerprint density at radius 3 is 2.48 bits per heavy atom. The molecule has 0 spiro atoms. The van der Waals surface area contributed by atoms with Crippen molar-refractivity contribution < 1.29 is 8.76 Å². The van der Waals surface area contributed by atoms with Gasteiger partial charge in [0, 0.05) is 11.4 Å². The lowest BCUT2D eigenvalue weighted by molar-refractivity contribution is 0.534. The van der Waals surface area contributed by atoms with Gasteiger partial charge in [0.15, 0.2) is 5.65 Å². The summed E-state index contributed by atoms with van der Waals surface area (Å²) in [6, 6.07) is 10.0. The fraction of sp³-hybridized carbons (Fsp3) is 0.294. The van der Waals surface area contributed by atoms with Crippen molar-refractivity contribution in [1.29, 1.82) is 0 Å². The molecule has 0 aliphatic rings. The van der Waals surface area contributed by atoms with Crippen LogP contribution in [0.5, 0.6) is 0 Å². The molecule has 3 rings (SSSR count). The average molecular weight is 328 g/mol. The fourth-order valence-electron chi connectivity index (χ4n) is 2.76. The number of fused-ring (bicyclic) bond motifs is 1. The maximum absolute atomic E-state index is 11.2. The van der Waals surface area contributed by atoms with Crippen molar-refractivity contribution in [3.05, 3.63) is 53.0 Å². The highest BCUT2D eigenvalue weighted by molar-refractivity contribution is 7.78. The summed E-state index contributed by atoms with van der Waals surface area (Å²) in [5, 5.41) is 0. The molecule has 0 amide bonds. The Bertz CT molecular complexity index is 885. The quantitative estimate of drug-likeness (QED) is 0.690. The fourth-order valence-corrected chi connectivity index (χ4v) is 3.16. The predicted octanol–water partition coefficient (Wildman–Crippen LogP) is 2.98. The molecule has 0 aliphatic heterocycles. The molecule has 0 aliphatic carbocycles. The largest absolute Gasteiger partial charge is 0.772 e. The smallest absolute Gasteiger partial charge is 0.165 e. The van der Waals surface area contributed by atoms with E-state index in [1.807, 2.05) is 48.7 Å². The molecule has 120 valence electrons. The van der Waals surface area contributed by atoms with Gasteiger partial charge in [0.05, 0.1) is 5.75 Å². The van der Waals surface area contributed by atoms with Gasteiger partial charge in [-0.1, -0.05) is 19.1 Å². The molecule has 0 N–H and O–H groups in total. The molecule has 2 heterocycles. The molecule has 3 aromatic rings. The third-order valence-electron chi connectivity index (χ3n) is 3.85. The van der Waals surface area contributed by atoms with E-state index in [-0.39, 0.29) is 5.75 Å². The van der Waals surface area contributed by atoms with Crippen molar-refractivity contribution in [2.75, 3.05) is 0 Å². The SMILES string of the molecule is CCc1ccc(-n2c(CS(=O)[O-])nc3c(C)cc(C)nc32)cc1. The van der Waals surface area contributed by atoms with Crippen LogP contribution in [-0.2, 0) is 23.3 Å². The summed E-state index contributed by atoms with van der Waals surface area (Å²) >= 11 is -2.21. The van der Waals surface area contributed by atoms with Crippen LogP contribution in [0, 0.1) is 13.8 Å². The molecule has 1 aromatic carbocycles. The maximum Gasteiger partial charge on any atom is 0.165 e. The van der Waals surface area contributed by atoms with Gasteiger partial charge in [0.25, 0.3) is 0 Å². The summed E-state index contributed by atoms with van der Waals surface area (Å²) in [6.45, 7) is 5.99. The van der Waals surface area contributed by atoms with E-state index in [0.29, 0.717) is 11.5 Å². The maximum atomic E-state index is 11.2. The molecular formula is C17H18N3O2S-. The average Bonchev–Trinajstić information content (AvgIpc) is 2.85. The summed E-state index contributed by atoms with van der Waals surface area (Å²) in [7, 11) is 0. The first-order valence-electron chi connectivity index (χ1n) is 7.50. The number of imidazole rings is 1. The second-order valence-corrected chi connectivity index (χ2v) is 6.48. The van der Waals surface area contributed by atoms with E-state index < -0.39 is 11.1 Å². The van der Waals surface area contributed by atoms with Crippen LogP contribution >= 0.6 is 0 Å². The minimum atomic E-state index is -2.21. The second-order valence-electron chi connectivity index (χ2n) is 5.58. The third kappa shape index (κ3) is 3.04. The van der Waals surface area contributed by atoms with Crippen LogP contribution in [-0.4, -0.2) is 23.3 Å². The van der Waals surface area contributed by atoms with Crippen LogP contribution in [0.3, 0.4) is 0 Å². The molecule has 23 heavy (non-hydrogen) atoms. The van der Waals surface area contributed by atoms with E-state index in [1.165, 1.54) is 5.56 Å². The number of nitrogens with zero attached hydrogens (tertiary/aromatic N) is 3. The van der Waals surface area contributed by atoms with E-state index in [9.17, 15) is 8.76 Å². The Kier molecular flexibility index (Phi) is 4.28. The third-order valence-corrected chi connectivity index (χ3v) is 4.35. The van der Waals surface area contributed by atoms with Crippen LogP contribution in [0.15, 0.2) is 30.3 Å². The van der Waals surface area contributed by atoms with E-state index in [4.69, 9.17) is 0 Å². The zero-order valence-corrected chi connectivity index (χ0v) is 14.2. The van der Waals surface area contributed by atoms with Crippen LogP contribution < -0.4 is 0 Å². The van der Waals surface area contributed by atoms with Crippen LogP contribution in [0.1, 0.15) is 29.6 Å². The summed E-state index contributed by atoms with van der Waals surface area (Å²) in [6.07, 6.45) is 0.957. The van der Waals surface area contributed by atoms with Crippen molar-refractivity contribution in [2.24, 2.45) is 0 Å². The number of pyridine rings is 1. The first-order chi connectivity index (χ1) is 11.0. The summed E-state index contributed by atoms with van der Waals surface area (Å²) in [5.41, 5.74) is 5.43. The molecule has 0 fully saturated rings. The highest BCUT2D eigenvalue weighted by Crippen LogP contribution is 2.24. The van der Waals surface area contributed by atoms with Crippen molar-refractivity contribution in [3.63, 3.8) is 0 Å². The number of aromatic nitrogens is 3. The zero-order chi connectivity index (χ0) is 16.6. The Hall–Kier alpha value is -2.05. The standard InChI is InChI=1S/C17H19N3O2S/c1-4-13-5-7-14(8-6-13)20-15(10-23(21)22)19-16-11(2)9-12(3)18-17(16)20/h5-9H,4,10H2,1-3H3,(H,21,22)/p-1.